The Morgan fingerprint density at radius 1 is 1.37 bits per heavy atom. The van der Waals surface area contributed by atoms with Crippen LogP contribution in [0.25, 0.3) is 0 Å². The van der Waals surface area contributed by atoms with Crippen molar-refractivity contribution in [2.75, 3.05) is 11.4 Å². The van der Waals surface area contributed by atoms with E-state index in [9.17, 15) is 4.39 Å². The number of hydrogen-bond donors (Lipinski definition) is 1. The molecule has 19 heavy (non-hydrogen) atoms. The Morgan fingerprint density at radius 3 is 2.74 bits per heavy atom. The van der Waals surface area contributed by atoms with Gasteiger partial charge >= 0.3 is 0 Å². The van der Waals surface area contributed by atoms with Gasteiger partial charge in [-0.2, -0.15) is 0 Å². The zero-order valence-electron chi connectivity index (χ0n) is 11.3. The number of hydrogen-bond acceptors (Lipinski definition) is 3. The minimum absolute atomic E-state index is 0.178. The zero-order valence-corrected chi connectivity index (χ0v) is 12.1. The summed E-state index contributed by atoms with van der Waals surface area (Å²) in [6.45, 7) is 5.68. The summed E-state index contributed by atoms with van der Waals surface area (Å²) >= 11 is 1.73. The van der Waals surface area contributed by atoms with Crippen LogP contribution in [0, 0.1) is 5.82 Å². The van der Waals surface area contributed by atoms with Crippen LogP contribution in [0.5, 0.6) is 0 Å². The minimum atomic E-state index is -0.233. The molecule has 2 nitrogen and oxygen atoms in total. The Bertz CT molecular complexity index is 523. The van der Waals surface area contributed by atoms with Crippen molar-refractivity contribution in [3.63, 3.8) is 0 Å². The maximum absolute atomic E-state index is 13.4. The summed E-state index contributed by atoms with van der Waals surface area (Å²) in [4.78, 5) is 3.52. The van der Waals surface area contributed by atoms with Gasteiger partial charge in [0.1, 0.15) is 5.82 Å². The Hall–Kier alpha value is -1.39. The van der Waals surface area contributed by atoms with E-state index in [0.29, 0.717) is 0 Å². The second-order valence-electron chi connectivity index (χ2n) is 4.59. The quantitative estimate of drug-likeness (QED) is 0.897. The number of benzene rings is 1. The first-order chi connectivity index (χ1) is 9.11. The van der Waals surface area contributed by atoms with Gasteiger partial charge in [0.05, 0.1) is 6.54 Å². The average molecular weight is 278 g/mol. The van der Waals surface area contributed by atoms with E-state index < -0.39 is 0 Å². The summed E-state index contributed by atoms with van der Waals surface area (Å²) in [5.41, 5.74) is 7.84. The van der Waals surface area contributed by atoms with Gasteiger partial charge in [-0.25, -0.2) is 4.39 Å². The second kappa shape index (κ2) is 6.17. The lowest BCUT2D eigenvalue weighted by molar-refractivity contribution is 0.621. The van der Waals surface area contributed by atoms with Crippen LogP contribution in [0.3, 0.4) is 0 Å². The van der Waals surface area contributed by atoms with Crippen molar-refractivity contribution >= 4 is 17.0 Å². The number of nitrogens with zero attached hydrogens (tertiary/aromatic N) is 1. The molecule has 0 fully saturated rings. The van der Waals surface area contributed by atoms with Crippen LogP contribution >= 0.6 is 11.3 Å². The molecule has 1 aromatic heterocycles. The highest BCUT2D eigenvalue weighted by Crippen LogP contribution is 2.28. The van der Waals surface area contributed by atoms with Crippen LogP contribution < -0.4 is 10.6 Å². The van der Waals surface area contributed by atoms with Gasteiger partial charge in [-0.15, -0.1) is 11.3 Å². The van der Waals surface area contributed by atoms with Crippen molar-refractivity contribution in [1.29, 1.82) is 0 Å². The normalized spacial score (nSPS) is 12.4. The molecule has 4 heteroatoms. The molecule has 0 saturated carbocycles. The fourth-order valence-electron chi connectivity index (χ4n) is 2.14. The first kappa shape index (κ1) is 14.0. The third-order valence-electron chi connectivity index (χ3n) is 3.13. The third kappa shape index (κ3) is 3.33. The van der Waals surface area contributed by atoms with Crippen molar-refractivity contribution in [3.05, 3.63) is 52.0 Å². The van der Waals surface area contributed by atoms with Crippen LogP contribution in [0.1, 0.15) is 30.3 Å². The number of nitrogens with two attached hydrogens (primary N) is 1. The predicted molar refractivity (Wildman–Crippen MR) is 80.0 cm³/mol. The number of halogens is 1. The fraction of sp³-hybridized carbons (Fsp3) is 0.333. The molecular weight excluding hydrogens is 259 g/mol. The number of rotatable bonds is 5. The molecule has 1 aromatic carbocycles. The molecule has 1 atom stereocenters. The van der Waals surface area contributed by atoms with E-state index in [2.05, 4.69) is 23.3 Å². The summed E-state index contributed by atoms with van der Waals surface area (Å²) < 4.78 is 13.4. The van der Waals surface area contributed by atoms with E-state index in [1.165, 1.54) is 17.0 Å². The topological polar surface area (TPSA) is 29.3 Å². The van der Waals surface area contributed by atoms with E-state index in [1.54, 1.807) is 11.3 Å². The van der Waals surface area contributed by atoms with E-state index in [0.717, 1.165) is 24.3 Å². The number of thiophene rings is 1. The van der Waals surface area contributed by atoms with Gasteiger partial charge in [0, 0.05) is 23.2 Å². The van der Waals surface area contributed by atoms with Crippen molar-refractivity contribution in [2.24, 2.45) is 5.73 Å². The van der Waals surface area contributed by atoms with E-state index in [1.807, 2.05) is 19.1 Å². The molecule has 2 N–H and O–H groups in total. The van der Waals surface area contributed by atoms with Crippen LogP contribution in [0.4, 0.5) is 10.1 Å². The third-order valence-corrected chi connectivity index (χ3v) is 3.99. The largest absolute Gasteiger partial charge is 0.366 e. The Labute approximate surface area is 117 Å². The van der Waals surface area contributed by atoms with E-state index in [4.69, 9.17) is 5.73 Å². The standard InChI is InChI=1S/C15H19FN2S/c1-3-18(10-13-5-4-8-19-13)15-7-6-12(16)9-14(15)11(2)17/h4-9,11H,3,10,17H2,1-2H3. The molecule has 0 amide bonds. The van der Waals surface area contributed by atoms with Crippen LogP contribution in [0.2, 0.25) is 0 Å². The van der Waals surface area contributed by atoms with Gasteiger partial charge < -0.3 is 10.6 Å². The summed E-state index contributed by atoms with van der Waals surface area (Å²) in [5, 5.41) is 2.07. The lowest BCUT2D eigenvalue weighted by Gasteiger charge is -2.26. The Kier molecular flexibility index (Phi) is 4.56. The molecule has 2 aromatic rings. The van der Waals surface area contributed by atoms with Crippen LogP contribution in [-0.4, -0.2) is 6.54 Å². The lowest BCUT2D eigenvalue weighted by atomic mass is 10.1. The second-order valence-corrected chi connectivity index (χ2v) is 5.62. The molecule has 0 bridgehead atoms. The Morgan fingerprint density at radius 2 is 2.16 bits per heavy atom. The van der Waals surface area contributed by atoms with Gasteiger partial charge in [-0.1, -0.05) is 6.07 Å². The molecule has 2 rings (SSSR count). The molecule has 102 valence electrons. The smallest absolute Gasteiger partial charge is 0.123 e. The minimum Gasteiger partial charge on any atom is -0.366 e. The van der Waals surface area contributed by atoms with Crippen molar-refractivity contribution in [3.8, 4) is 0 Å². The summed E-state index contributed by atoms with van der Waals surface area (Å²) in [6, 6.07) is 8.84. The van der Waals surface area contributed by atoms with Gasteiger partial charge in [0.25, 0.3) is 0 Å². The first-order valence-corrected chi connectivity index (χ1v) is 7.32. The van der Waals surface area contributed by atoms with E-state index in [-0.39, 0.29) is 11.9 Å². The first-order valence-electron chi connectivity index (χ1n) is 6.44. The lowest BCUT2D eigenvalue weighted by Crippen LogP contribution is -2.24. The zero-order chi connectivity index (χ0) is 13.8. The van der Waals surface area contributed by atoms with Crippen LogP contribution in [0.15, 0.2) is 35.7 Å². The van der Waals surface area contributed by atoms with Gasteiger partial charge in [-0.3, -0.25) is 0 Å². The maximum atomic E-state index is 13.4. The highest BCUT2D eigenvalue weighted by Gasteiger charge is 2.14. The highest BCUT2D eigenvalue weighted by molar-refractivity contribution is 7.09. The fourth-order valence-corrected chi connectivity index (χ4v) is 2.86. The van der Waals surface area contributed by atoms with Gasteiger partial charge in [0.2, 0.25) is 0 Å². The molecule has 0 spiro atoms. The van der Waals surface area contributed by atoms with Crippen molar-refractivity contribution < 1.29 is 4.39 Å². The summed E-state index contributed by atoms with van der Waals surface area (Å²) in [6.07, 6.45) is 0. The molecule has 1 unspecified atom stereocenters. The number of anilines is 1. The molecule has 0 radical (unpaired) electrons. The summed E-state index contributed by atoms with van der Waals surface area (Å²) in [5.74, 6) is -0.233. The SMILES string of the molecule is CCN(Cc1cccs1)c1ccc(F)cc1C(C)N. The monoisotopic (exact) mass is 278 g/mol. The van der Waals surface area contributed by atoms with Gasteiger partial charge in [0.15, 0.2) is 0 Å². The predicted octanol–water partition coefficient (Wildman–Crippen LogP) is 3.93. The van der Waals surface area contributed by atoms with E-state index >= 15 is 0 Å². The van der Waals surface area contributed by atoms with Crippen molar-refractivity contribution in [2.45, 2.75) is 26.4 Å². The Balaban J connectivity index is 2.32. The molecule has 0 aliphatic rings. The summed E-state index contributed by atoms with van der Waals surface area (Å²) in [7, 11) is 0. The molecular formula is C15H19FN2S. The molecule has 0 aliphatic carbocycles. The van der Waals surface area contributed by atoms with Gasteiger partial charge in [-0.05, 0) is 49.1 Å². The van der Waals surface area contributed by atoms with Crippen LogP contribution in [-0.2, 0) is 6.54 Å². The highest BCUT2D eigenvalue weighted by atomic mass is 32.1. The molecule has 0 saturated heterocycles. The molecule has 1 heterocycles. The average Bonchev–Trinajstić information content (AvgIpc) is 2.89. The molecule has 0 aliphatic heterocycles. The van der Waals surface area contributed by atoms with Crippen molar-refractivity contribution in [1.82, 2.24) is 0 Å². The maximum Gasteiger partial charge on any atom is 0.123 e.